The zero-order valence-corrected chi connectivity index (χ0v) is 18.1. The molecule has 1 saturated carbocycles. The molecule has 9 nitrogen and oxygen atoms in total. The van der Waals surface area contributed by atoms with Crippen LogP contribution < -0.4 is 15.4 Å². The fourth-order valence-corrected chi connectivity index (χ4v) is 4.29. The van der Waals surface area contributed by atoms with Gasteiger partial charge in [0.15, 0.2) is 11.6 Å². The summed E-state index contributed by atoms with van der Waals surface area (Å²) in [6, 6.07) is 9.06. The highest BCUT2D eigenvalue weighted by Crippen LogP contribution is 2.33. The van der Waals surface area contributed by atoms with Gasteiger partial charge in [0.25, 0.3) is 0 Å². The van der Waals surface area contributed by atoms with Crippen LogP contribution in [0.2, 0.25) is 5.02 Å². The molecule has 0 unspecified atom stereocenters. The molecule has 1 aliphatic rings. The maximum absolute atomic E-state index is 12.3. The molecule has 2 aromatic heterocycles. The minimum Gasteiger partial charge on any atom is -0.337 e. The van der Waals surface area contributed by atoms with Crippen LogP contribution in [0.3, 0.4) is 0 Å². The molecule has 0 aliphatic heterocycles. The number of rotatable bonds is 8. The molecule has 0 amide bonds. The molecule has 0 atom stereocenters. The standard InChI is InChI=1S/C19H22ClN7O2S/c1-12(2)27-10-9-17(25-27)23-19-21-11-14(20)18(24-19)22-15-5-3-4-6-16(15)26-30(28,29)13-7-8-13/h3-6,9-13,26H,7-8H2,1-2H3,(H2,21,22,23,24,25). The lowest BCUT2D eigenvalue weighted by Crippen LogP contribution is -2.18. The van der Waals surface area contributed by atoms with Gasteiger partial charge in [0.05, 0.1) is 22.8 Å². The van der Waals surface area contributed by atoms with Gasteiger partial charge in [0.2, 0.25) is 16.0 Å². The van der Waals surface area contributed by atoms with Crippen molar-refractivity contribution in [1.82, 2.24) is 19.7 Å². The van der Waals surface area contributed by atoms with Gasteiger partial charge >= 0.3 is 0 Å². The Kier molecular flexibility index (Phi) is 5.52. The van der Waals surface area contributed by atoms with Gasteiger partial charge in [-0.1, -0.05) is 23.7 Å². The molecule has 1 aromatic carbocycles. The Morgan fingerprint density at radius 3 is 2.53 bits per heavy atom. The zero-order valence-electron chi connectivity index (χ0n) is 16.5. The van der Waals surface area contributed by atoms with Gasteiger partial charge < -0.3 is 10.6 Å². The highest BCUT2D eigenvalue weighted by atomic mass is 35.5. The minimum absolute atomic E-state index is 0.236. The molecule has 0 bridgehead atoms. The number of hydrogen-bond acceptors (Lipinski definition) is 7. The molecule has 0 spiro atoms. The number of benzene rings is 1. The first-order valence-corrected chi connectivity index (χ1v) is 11.5. The maximum atomic E-state index is 12.3. The van der Waals surface area contributed by atoms with E-state index in [-0.39, 0.29) is 11.3 Å². The lowest BCUT2D eigenvalue weighted by Gasteiger charge is -2.14. The topological polar surface area (TPSA) is 114 Å². The SMILES string of the molecule is CC(C)n1ccc(Nc2ncc(Cl)c(Nc3ccccc3NS(=O)(=O)C3CC3)n2)n1. The van der Waals surface area contributed by atoms with Crippen LogP contribution >= 0.6 is 11.6 Å². The van der Waals surface area contributed by atoms with Crippen LogP contribution in [0.25, 0.3) is 0 Å². The van der Waals surface area contributed by atoms with Crippen LogP contribution in [0.1, 0.15) is 32.7 Å². The van der Waals surface area contributed by atoms with E-state index in [1.165, 1.54) is 6.20 Å². The zero-order chi connectivity index (χ0) is 21.3. The van der Waals surface area contributed by atoms with Crippen molar-refractivity contribution < 1.29 is 8.42 Å². The summed E-state index contributed by atoms with van der Waals surface area (Å²) in [6.07, 6.45) is 4.70. The summed E-state index contributed by atoms with van der Waals surface area (Å²) in [4.78, 5) is 8.60. The number of aromatic nitrogens is 4. The third-order valence-corrected chi connectivity index (χ3v) is 6.65. The number of para-hydroxylation sites is 2. The normalized spacial score (nSPS) is 14.0. The monoisotopic (exact) mass is 447 g/mol. The number of nitrogens with zero attached hydrogens (tertiary/aromatic N) is 4. The second-order valence-corrected chi connectivity index (χ2v) is 9.67. The summed E-state index contributed by atoms with van der Waals surface area (Å²) in [5.74, 6) is 1.26. The van der Waals surface area contributed by atoms with E-state index in [1.807, 2.05) is 30.8 Å². The van der Waals surface area contributed by atoms with Crippen molar-refractivity contribution in [3.8, 4) is 0 Å². The molecule has 4 rings (SSSR count). The first-order chi connectivity index (χ1) is 14.3. The van der Waals surface area contributed by atoms with Gasteiger partial charge in [-0.3, -0.25) is 9.40 Å². The molecule has 3 N–H and O–H groups in total. The smallest absolute Gasteiger partial charge is 0.235 e. The molecule has 158 valence electrons. The molecule has 11 heteroatoms. The van der Waals surface area contributed by atoms with Crippen molar-refractivity contribution in [2.24, 2.45) is 0 Å². The molecule has 0 saturated heterocycles. The Hall–Kier alpha value is -2.85. The van der Waals surface area contributed by atoms with Crippen LogP contribution in [0.15, 0.2) is 42.7 Å². The summed E-state index contributed by atoms with van der Waals surface area (Å²) in [6.45, 7) is 4.07. The molecular formula is C19H22ClN7O2S. The average molecular weight is 448 g/mol. The van der Waals surface area contributed by atoms with Crippen LogP contribution in [-0.4, -0.2) is 33.4 Å². The molecular weight excluding hydrogens is 426 g/mol. The van der Waals surface area contributed by atoms with Crippen LogP contribution in [0.4, 0.5) is 29.0 Å². The molecule has 2 heterocycles. The van der Waals surface area contributed by atoms with Crippen molar-refractivity contribution >= 4 is 50.6 Å². The first-order valence-electron chi connectivity index (χ1n) is 9.54. The van der Waals surface area contributed by atoms with Gasteiger partial charge in [0.1, 0.15) is 5.02 Å². The van der Waals surface area contributed by atoms with Gasteiger partial charge in [-0.25, -0.2) is 13.4 Å². The number of hydrogen-bond donors (Lipinski definition) is 3. The van der Waals surface area contributed by atoms with E-state index in [0.29, 0.717) is 46.8 Å². The molecule has 0 radical (unpaired) electrons. The highest BCUT2D eigenvalue weighted by molar-refractivity contribution is 7.93. The first kappa shape index (κ1) is 20.4. The van der Waals surface area contributed by atoms with E-state index in [0.717, 1.165) is 0 Å². The Balaban J connectivity index is 1.55. The van der Waals surface area contributed by atoms with E-state index >= 15 is 0 Å². The van der Waals surface area contributed by atoms with E-state index in [1.54, 1.807) is 24.3 Å². The Morgan fingerprint density at radius 2 is 1.87 bits per heavy atom. The summed E-state index contributed by atoms with van der Waals surface area (Å²) in [7, 11) is -3.40. The second-order valence-electron chi connectivity index (χ2n) is 7.31. The van der Waals surface area contributed by atoms with Crippen LogP contribution in [-0.2, 0) is 10.0 Å². The largest absolute Gasteiger partial charge is 0.337 e. The number of anilines is 5. The van der Waals surface area contributed by atoms with E-state index in [4.69, 9.17) is 11.6 Å². The van der Waals surface area contributed by atoms with E-state index in [9.17, 15) is 8.42 Å². The van der Waals surface area contributed by atoms with Gasteiger partial charge in [-0.15, -0.1) is 0 Å². The fraction of sp³-hybridized carbons (Fsp3) is 0.316. The summed E-state index contributed by atoms with van der Waals surface area (Å²) in [5.41, 5.74) is 0.974. The fourth-order valence-electron chi connectivity index (χ4n) is 2.75. The molecule has 30 heavy (non-hydrogen) atoms. The molecule has 1 aliphatic carbocycles. The average Bonchev–Trinajstić information content (AvgIpc) is 3.46. The summed E-state index contributed by atoms with van der Waals surface area (Å²) >= 11 is 6.27. The van der Waals surface area contributed by atoms with Crippen molar-refractivity contribution in [1.29, 1.82) is 0 Å². The van der Waals surface area contributed by atoms with E-state index in [2.05, 4.69) is 30.4 Å². The summed E-state index contributed by atoms with van der Waals surface area (Å²) < 4.78 is 29.1. The predicted molar refractivity (Wildman–Crippen MR) is 118 cm³/mol. The lowest BCUT2D eigenvalue weighted by atomic mass is 10.2. The van der Waals surface area contributed by atoms with Crippen molar-refractivity contribution in [2.75, 3.05) is 15.4 Å². The lowest BCUT2D eigenvalue weighted by molar-refractivity contribution is 0.534. The molecule has 1 fully saturated rings. The number of nitrogens with one attached hydrogen (secondary N) is 3. The van der Waals surface area contributed by atoms with Crippen molar-refractivity contribution in [3.63, 3.8) is 0 Å². The minimum atomic E-state index is -3.40. The van der Waals surface area contributed by atoms with E-state index < -0.39 is 10.0 Å². The van der Waals surface area contributed by atoms with Crippen LogP contribution in [0.5, 0.6) is 0 Å². The van der Waals surface area contributed by atoms with Crippen molar-refractivity contribution in [3.05, 3.63) is 47.7 Å². The quantitative estimate of drug-likeness (QED) is 0.471. The number of sulfonamides is 1. The highest BCUT2D eigenvalue weighted by Gasteiger charge is 2.36. The van der Waals surface area contributed by atoms with Gasteiger partial charge in [0, 0.05) is 18.3 Å². The Labute approximate surface area is 179 Å². The third-order valence-electron chi connectivity index (χ3n) is 4.52. The van der Waals surface area contributed by atoms with Crippen LogP contribution in [0, 0.1) is 0 Å². The predicted octanol–water partition coefficient (Wildman–Crippen LogP) is 4.30. The van der Waals surface area contributed by atoms with Gasteiger partial charge in [-0.2, -0.15) is 10.1 Å². The maximum Gasteiger partial charge on any atom is 0.235 e. The third kappa shape index (κ3) is 4.65. The van der Waals surface area contributed by atoms with Crippen molar-refractivity contribution in [2.45, 2.75) is 38.0 Å². The molecule has 3 aromatic rings. The Bertz CT molecular complexity index is 1160. The Morgan fingerprint density at radius 1 is 1.13 bits per heavy atom. The number of halogens is 1. The second kappa shape index (κ2) is 8.11. The summed E-state index contributed by atoms with van der Waals surface area (Å²) in [5, 5.41) is 10.5. The van der Waals surface area contributed by atoms with Gasteiger partial charge in [-0.05, 0) is 38.8 Å².